The van der Waals surface area contributed by atoms with E-state index < -0.39 is 0 Å². The molecule has 3 aromatic rings. The van der Waals surface area contributed by atoms with E-state index in [1.807, 2.05) is 0 Å². The fourth-order valence-corrected chi connectivity index (χ4v) is 2.65. The fraction of sp³-hybridized carbons (Fsp3) is 0.100. The Kier molecular flexibility index (Phi) is 4.02. The zero-order chi connectivity index (χ0) is 14.7. The molecule has 0 aliphatic rings. The number of hydrogen-bond acceptors (Lipinski definition) is 0. The molecule has 0 spiro atoms. The van der Waals surface area contributed by atoms with E-state index in [-0.39, 0.29) is 0 Å². The molecular weight excluding hydrogens is 268 g/mol. The Bertz CT molecular complexity index is 707. The van der Waals surface area contributed by atoms with Crippen molar-refractivity contribution < 1.29 is 0 Å². The van der Waals surface area contributed by atoms with Gasteiger partial charge >= 0.3 is 0 Å². The highest BCUT2D eigenvalue weighted by Crippen LogP contribution is 2.25. The monoisotopic (exact) mass is 285 g/mol. The van der Waals surface area contributed by atoms with Crippen LogP contribution < -0.4 is 0 Å². The Balaban J connectivity index is 1.87. The lowest BCUT2D eigenvalue weighted by atomic mass is 9.99. The maximum Gasteiger partial charge on any atom is 0.0283 e. The number of aryl methyl sites for hydroxylation is 1. The van der Waals surface area contributed by atoms with Crippen LogP contribution in [0, 0.1) is 6.92 Å². The first kappa shape index (κ1) is 13.8. The molecule has 0 N–H and O–H groups in total. The van der Waals surface area contributed by atoms with E-state index >= 15 is 0 Å². The van der Waals surface area contributed by atoms with E-state index in [2.05, 4.69) is 90.0 Å². The molecule has 0 heterocycles. The first-order valence-electron chi connectivity index (χ1n) is 7.17. The fourth-order valence-electron chi connectivity index (χ4n) is 2.42. The van der Waals surface area contributed by atoms with Gasteiger partial charge in [0.05, 0.1) is 0 Å². The standard InChI is InChI=1S/C20H17Si/c1-15-2-6-17(7-3-15)19-10-12-20(13-11-19)18-8-4-16(14-21)5-9-18/h2-13H,14H2,1H3. The first-order chi connectivity index (χ1) is 10.3. The predicted octanol–water partition coefficient (Wildman–Crippen LogP) is 5.00. The van der Waals surface area contributed by atoms with Crippen molar-refractivity contribution in [3.8, 4) is 22.3 Å². The average molecular weight is 285 g/mol. The highest BCUT2D eigenvalue weighted by atomic mass is 28.1. The normalized spacial score (nSPS) is 10.6. The van der Waals surface area contributed by atoms with E-state index in [1.165, 1.54) is 33.4 Å². The zero-order valence-corrected chi connectivity index (χ0v) is 13.1. The summed E-state index contributed by atoms with van der Waals surface area (Å²) >= 11 is 0. The van der Waals surface area contributed by atoms with Crippen LogP contribution >= 0.6 is 0 Å². The summed E-state index contributed by atoms with van der Waals surface area (Å²) < 4.78 is 0. The molecule has 0 fully saturated rings. The molecule has 1 heteroatoms. The highest BCUT2D eigenvalue weighted by molar-refractivity contribution is 6.08. The molecule has 3 radical (unpaired) electrons. The summed E-state index contributed by atoms with van der Waals surface area (Å²) in [6.07, 6.45) is 0. The zero-order valence-electron chi connectivity index (χ0n) is 12.1. The van der Waals surface area contributed by atoms with Gasteiger partial charge in [-0.2, -0.15) is 0 Å². The van der Waals surface area contributed by atoms with Gasteiger partial charge in [0.2, 0.25) is 0 Å². The van der Waals surface area contributed by atoms with Crippen molar-refractivity contribution in [2.45, 2.75) is 13.0 Å². The Morgan fingerprint density at radius 3 is 1.29 bits per heavy atom. The van der Waals surface area contributed by atoms with Crippen LogP contribution in [0.1, 0.15) is 11.1 Å². The van der Waals surface area contributed by atoms with Crippen molar-refractivity contribution in [2.24, 2.45) is 0 Å². The van der Waals surface area contributed by atoms with E-state index in [1.54, 1.807) is 0 Å². The summed E-state index contributed by atoms with van der Waals surface area (Å²) in [5.74, 6) is 0. The second kappa shape index (κ2) is 6.11. The van der Waals surface area contributed by atoms with Gasteiger partial charge in [0, 0.05) is 10.2 Å². The Hall–Kier alpha value is -2.12. The van der Waals surface area contributed by atoms with Crippen LogP contribution in [0.25, 0.3) is 22.3 Å². The summed E-state index contributed by atoms with van der Waals surface area (Å²) in [4.78, 5) is 0. The molecule has 0 aromatic heterocycles. The van der Waals surface area contributed by atoms with Gasteiger partial charge in [0.15, 0.2) is 0 Å². The molecule has 101 valence electrons. The summed E-state index contributed by atoms with van der Waals surface area (Å²) in [5.41, 5.74) is 7.63. The van der Waals surface area contributed by atoms with Crippen LogP contribution in [0.15, 0.2) is 72.8 Å². The van der Waals surface area contributed by atoms with Crippen LogP contribution in [0.3, 0.4) is 0 Å². The van der Waals surface area contributed by atoms with E-state index in [4.69, 9.17) is 0 Å². The molecule has 3 aromatic carbocycles. The minimum Gasteiger partial charge on any atom is -0.0587 e. The molecule has 0 amide bonds. The Morgan fingerprint density at radius 1 is 0.571 bits per heavy atom. The summed E-state index contributed by atoms with van der Waals surface area (Å²) in [7, 11) is 3.53. The molecule has 21 heavy (non-hydrogen) atoms. The van der Waals surface area contributed by atoms with E-state index in [9.17, 15) is 0 Å². The van der Waals surface area contributed by atoms with Gasteiger partial charge < -0.3 is 0 Å². The minimum absolute atomic E-state index is 0.895. The molecule has 3 rings (SSSR count). The van der Waals surface area contributed by atoms with Crippen molar-refractivity contribution in [3.63, 3.8) is 0 Å². The van der Waals surface area contributed by atoms with Crippen LogP contribution in [-0.2, 0) is 6.04 Å². The smallest absolute Gasteiger partial charge is 0.0283 e. The van der Waals surface area contributed by atoms with Gasteiger partial charge in [-0.15, -0.1) is 0 Å². The maximum atomic E-state index is 3.53. The summed E-state index contributed by atoms with van der Waals surface area (Å²) in [6.45, 7) is 2.11. The first-order valence-corrected chi connectivity index (χ1v) is 7.88. The van der Waals surface area contributed by atoms with Crippen molar-refractivity contribution in [2.75, 3.05) is 0 Å². The molecule has 0 atom stereocenters. The van der Waals surface area contributed by atoms with E-state index in [0.29, 0.717) is 0 Å². The third-order valence-electron chi connectivity index (χ3n) is 3.76. The molecule has 0 unspecified atom stereocenters. The van der Waals surface area contributed by atoms with Gasteiger partial charge in [-0.25, -0.2) is 0 Å². The third kappa shape index (κ3) is 3.14. The third-order valence-corrected chi connectivity index (χ3v) is 4.17. The lowest BCUT2D eigenvalue weighted by molar-refractivity contribution is 1.40. The molecule has 0 saturated heterocycles. The lowest BCUT2D eigenvalue weighted by Crippen LogP contribution is -1.84. The summed E-state index contributed by atoms with van der Waals surface area (Å²) in [6, 6.07) is 27.0. The van der Waals surface area contributed by atoms with E-state index in [0.717, 1.165) is 6.04 Å². The second-order valence-corrected chi connectivity index (χ2v) is 5.67. The average Bonchev–Trinajstić information content (AvgIpc) is 2.56. The van der Waals surface area contributed by atoms with Gasteiger partial charge in [-0.05, 0) is 35.2 Å². The Morgan fingerprint density at radius 2 is 0.905 bits per heavy atom. The summed E-state index contributed by atoms with van der Waals surface area (Å²) in [5, 5.41) is 0. The maximum absolute atomic E-state index is 3.53. The predicted molar refractivity (Wildman–Crippen MR) is 91.5 cm³/mol. The molecule has 0 aliphatic heterocycles. The van der Waals surface area contributed by atoms with Crippen LogP contribution in [-0.4, -0.2) is 10.2 Å². The molecular formula is C20H17Si. The molecule has 0 aliphatic carbocycles. The van der Waals surface area contributed by atoms with Crippen molar-refractivity contribution in [1.29, 1.82) is 0 Å². The van der Waals surface area contributed by atoms with Crippen LogP contribution in [0.4, 0.5) is 0 Å². The molecule has 0 nitrogen and oxygen atoms in total. The number of benzene rings is 3. The molecule has 0 saturated carbocycles. The topological polar surface area (TPSA) is 0 Å². The molecule has 0 bridgehead atoms. The van der Waals surface area contributed by atoms with Gasteiger partial charge in [-0.1, -0.05) is 83.9 Å². The van der Waals surface area contributed by atoms with Crippen LogP contribution in [0.2, 0.25) is 0 Å². The van der Waals surface area contributed by atoms with Crippen molar-refractivity contribution in [1.82, 2.24) is 0 Å². The highest BCUT2D eigenvalue weighted by Gasteiger charge is 2.00. The lowest BCUT2D eigenvalue weighted by Gasteiger charge is -2.06. The van der Waals surface area contributed by atoms with Gasteiger partial charge in [-0.3, -0.25) is 0 Å². The SMILES string of the molecule is Cc1ccc(-c2ccc(-c3ccc(C[Si])cc3)cc2)cc1. The Labute approximate surface area is 129 Å². The van der Waals surface area contributed by atoms with Gasteiger partial charge in [0.25, 0.3) is 0 Å². The van der Waals surface area contributed by atoms with Crippen molar-refractivity contribution in [3.05, 3.63) is 83.9 Å². The second-order valence-electron chi connectivity index (χ2n) is 5.32. The quantitative estimate of drug-likeness (QED) is 0.594. The minimum atomic E-state index is 0.895. The van der Waals surface area contributed by atoms with Crippen LogP contribution in [0.5, 0.6) is 0 Å². The number of hydrogen-bond donors (Lipinski definition) is 0. The largest absolute Gasteiger partial charge is 0.0587 e. The van der Waals surface area contributed by atoms with Gasteiger partial charge in [0.1, 0.15) is 0 Å². The van der Waals surface area contributed by atoms with Crippen molar-refractivity contribution >= 4 is 10.2 Å². The number of rotatable bonds is 3.